The summed E-state index contributed by atoms with van der Waals surface area (Å²) in [4.78, 5) is 18.4. The highest BCUT2D eigenvalue weighted by Crippen LogP contribution is 2.29. The number of fused-ring (bicyclic) bond motifs is 1. The Hall–Kier alpha value is -3.29. The van der Waals surface area contributed by atoms with Crippen molar-refractivity contribution < 1.29 is 0 Å². The molecule has 0 unspecified atom stereocenters. The molecule has 0 saturated carbocycles. The molecule has 1 N–H and O–H groups in total. The Morgan fingerprint density at radius 1 is 1.18 bits per heavy atom. The van der Waals surface area contributed by atoms with E-state index in [4.69, 9.17) is 9.97 Å². The molecule has 0 spiro atoms. The molecule has 4 rings (SSSR count). The van der Waals surface area contributed by atoms with Gasteiger partial charge in [-0.1, -0.05) is 6.07 Å². The van der Waals surface area contributed by atoms with Crippen molar-refractivity contribution in [2.24, 2.45) is 7.05 Å². The summed E-state index contributed by atoms with van der Waals surface area (Å²) in [5.74, 6) is 1.37. The second kappa shape index (κ2) is 7.03. The number of hydrogen-bond donors (Lipinski definition) is 1. The Balaban J connectivity index is 1.85. The van der Waals surface area contributed by atoms with Gasteiger partial charge in [0.1, 0.15) is 5.52 Å². The SMILES string of the molecule is Cc1nn(C)c(C)c1-c1nc(NCc2cccnc2)c2ncn(C(C)C)c2n1. The van der Waals surface area contributed by atoms with Crippen LogP contribution >= 0.6 is 0 Å². The smallest absolute Gasteiger partial charge is 0.167 e. The van der Waals surface area contributed by atoms with E-state index in [0.29, 0.717) is 18.2 Å². The molecule has 4 heterocycles. The Bertz CT molecular complexity index is 1120. The number of nitrogens with zero attached hydrogens (tertiary/aromatic N) is 7. The lowest BCUT2D eigenvalue weighted by Gasteiger charge is -2.11. The summed E-state index contributed by atoms with van der Waals surface area (Å²) in [6.45, 7) is 8.86. The Morgan fingerprint density at radius 2 is 2.00 bits per heavy atom. The van der Waals surface area contributed by atoms with Gasteiger partial charge in [0, 0.05) is 37.7 Å². The largest absolute Gasteiger partial charge is 0.364 e. The topological polar surface area (TPSA) is 86.3 Å². The highest BCUT2D eigenvalue weighted by molar-refractivity contribution is 5.85. The van der Waals surface area contributed by atoms with Gasteiger partial charge in [-0.15, -0.1) is 0 Å². The normalized spacial score (nSPS) is 11.5. The molecule has 8 heteroatoms. The van der Waals surface area contributed by atoms with Crippen LogP contribution in [0.2, 0.25) is 0 Å². The van der Waals surface area contributed by atoms with Crippen LogP contribution in [0.5, 0.6) is 0 Å². The fourth-order valence-electron chi connectivity index (χ4n) is 3.32. The maximum atomic E-state index is 4.86. The van der Waals surface area contributed by atoms with Crippen molar-refractivity contribution in [2.45, 2.75) is 40.3 Å². The van der Waals surface area contributed by atoms with Crippen molar-refractivity contribution >= 4 is 17.0 Å². The molecule has 0 aliphatic carbocycles. The van der Waals surface area contributed by atoms with Crippen LogP contribution in [0.4, 0.5) is 5.82 Å². The number of rotatable bonds is 5. The zero-order valence-electron chi connectivity index (χ0n) is 16.8. The summed E-state index contributed by atoms with van der Waals surface area (Å²) < 4.78 is 3.93. The molecule has 0 aliphatic rings. The van der Waals surface area contributed by atoms with Crippen LogP contribution in [0.15, 0.2) is 30.9 Å². The van der Waals surface area contributed by atoms with Gasteiger partial charge >= 0.3 is 0 Å². The van der Waals surface area contributed by atoms with Crippen LogP contribution in [-0.4, -0.2) is 34.3 Å². The van der Waals surface area contributed by atoms with Crippen molar-refractivity contribution in [3.8, 4) is 11.4 Å². The van der Waals surface area contributed by atoms with Crippen LogP contribution < -0.4 is 5.32 Å². The molecule has 0 atom stereocenters. The van der Waals surface area contributed by atoms with Gasteiger partial charge in [-0.05, 0) is 39.3 Å². The molecule has 8 nitrogen and oxygen atoms in total. The fourth-order valence-corrected chi connectivity index (χ4v) is 3.32. The van der Waals surface area contributed by atoms with Crippen LogP contribution in [0.25, 0.3) is 22.6 Å². The molecular formula is C20H24N8. The first kappa shape index (κ1) is 18.1. The maximum absolute atomic E-state index is 4.86. The fraction of sp³-hybridized carbons (Fsp3) is 0.350. The van der Waals surface area contributed by atoms with Crippen molar-refractivity contribution in [1.82, 2.24) is 34.3 Å². The minimum absolute atomic E-state index is 0.245. The van der Waals surface area contributed by atoms with Gasteiger partial charge in [-0.25, -0.2) is 15.0 Å². The monoisotopic (exact) mass is 376 g/mol. The second-order valence-electron chi connectivity index (χ2n) is 7.20. The molecular weight excluding hydrogens is 352 g/mol. The third kappa shape index (κ3) is 3.11. The van der Waals surface area contributed by atoms with Gasteiger partial charge < -0.3 is 9.88 Å². The molecule has 0 fully saturated rings. The molecule has 0 aromatic carbocycles. The lowest BCUT2D eigenvalue weighted by atomic mass is 10.2. The van der Waals surface area contributed by atoms with Gasteiger partial charge in [0.2, 0.25) is 0 Å². The highest BCUT2D eigenvalue weighted by atomic mass is 15.3. The zero-order chi connectivity index (χ0) is 19.8. The number of aryl methyl sites for hydroxylation is 2. The Kier molecular flexibility index (Phi) is 4.54. The molecule has 144 valence electrons. The molecule has 4 aromatic rings. The van der Waals surface area contributed by atoms with Gasteiger partial charge in [0.15, 0.2) is 17.3 Å². The van der Waals surface area contributed by atoms with E-state index >= 15 is 0 Å². The van der Waals surface area contributed by atoms with E-state index in [1.54, 1.807) is 6.20 Å². The summed E-state index contributed by atoms with van der Waals surface area (Å²) >= 11 is 0. The maximum Gasteiger partial charge on any atom is 0.167 e. The summed E-state index contributed by atoms with van der Waals surface area (Å²) in [7, 11) is 1.93. The summed E-state index contributed by atoms with van der Waals surface area (Å²) in [5.41, 5.74) is 5.56. The molecule has 0 amide bonds. The number of hydrogen-bond acceptors (Lipinski definition) is 6. The first-order valence-corrected chi connectivity index (χ1v) is 9.33. The third-order valence-electron chi connectivity index (χ3n) is 4.89. The van der Waals surface area contributed by atoms with E-state index in [2.05, 4.69) is 38.8 Å². The van der Waals surface area contributed by atoms with Crippen molar-refractivity contribution in [1.29, 1.82) is 0 Å². The Morgan fingerprint density at radius 3 is 2.64 bits per heavy atom. The van der Waals surface area contributed by atoms with Crippen LogP contribution in [-0.2, 0) is 13.6 Å². The first-order valence-electron chi connectivity index (χ1n) is 9.33. The van der Waals surface area contributed by atoms with Gasteiger partial charge in [-0.2, -0.15) is 5.10 Å². The minimum Gasteiger partial charge on any atom is -0.364 e. The first-order chi connectivity index (χ1) is 13.5. The number of aromatic nitrogens is 7. The lowest BCUT2D eigenvalue weighted by Crippen LogP contribution is -2.07. The van der Waals surface area contributed by atoms with Crippen LogP contribution in [0, 0.1) is 13.8 Å². The average Bonchev–Trinajstić information content (AvgIpc) is 3.21. The number of anilines is 1. The molecule has 28 heavy (non-hydrogen) atoms. The Labute approximate surface area is 163 Å². The predicted molar refractivity (Wildman–Crippen MR) is 109 cm³/mol. The molecule has 0 radical (unpaired) electrons. The highest BCUT2D eigenvalue weighted by Gasteiger charge is 2.20. The van der Waals surface area contributed by atoms with E-state index in [1.807, 2.05) is 50.2 Å². The molecule has 4 aromatic heterocycles. The third-order valence-corrected chi connectivity index (χ3v) is 4.89. The van der Waals surface area contributed by atoms with E-state index in [1.165, 1.54) is 0 Å². The van der Waals surface area contributed by atoms with E-state index in [-0.39, 0.29) is 6.04 Å². The molecule has 0 aliphatic heterocycles. The van der Waals surface area contributed by atoms with Gasteiger partial charge in [0.05, 0.1) is 17.6 Å². The van der Waals surface area contributed by atoms with Crippen LogP contribution in [0.3, 0.4) is 0 Å². The summed E-state index contributed by atoms with van der Waals surface area (Å²) in [5, 5.41) is 7.94. The summed E-state index contributed by atoms with van der Waals surface area (Å²) in [6, 6.07) is 4.20. The predicted octanol–water partition coefficient (Wildman–Crippen LogP) is 3.43. The van der Waals surface area contributed by atoms with Crippen LogP contribution in [0.1, 0.15) is 36.8 Å². The van der Waals surface area contributed by atoms with Crippen molar-refractivity contribution in [3.63, 3.8) is 0 Å². The van der Waals surface area contributed by atoms with E-state index < -0.39 is 0 Å². The van der Waals surface area contributed by atoms with Crippen molar-refractivity contribution in [2.75, 3.05) is 5.32 Å². The zero-order valence-corrected chi connectivity index (χ0v) is 16.8. The van der Waals surface area contributed by atoms with E-state index in [9.17, 15) is 0 Å². The standard InChI is InChI=1S/C20H24N8/c1-12(2)28-11-23-17-19(22-10-15-7-6-8-21-9-15)24-18(25-20(17)28)16-13(3)26-27(5)14(16)4/h6-9,11-12H,10H2,1-5H3,(H,22,24,25). The lowest BCUT2D eigenvalue weighted by molar-refractivity contribution is 0.613. The number of imidazole rings is 1. The second-order valence-corrected chi connectivity index (χ2v) is 7.20. The summed E-state index contributed by atoms with van der Waals surface area (Å²) in [6.07, 6.45) is 5.43. The van der Waals surface area contributed by atoms with Gasteiger partial charge in [-0.3, -0.25) is 9.67 Å². The van der Waals surface area contributed by atoms with Crippen molar-refractivity contribution in [3.05, 3.63) is 47.8 Å². The average molecular weight is 376 g/mol. The minimum atomic E-state index is 0.245. The van der Waals surface area contributed by atoms with E-state index in [0.717, 1.165) is 33.7 Å². The van der Waals surface area contributed by atoms with Gasteiger partial charge in [0.25, 0.3) is 0 Å². The molecule has 0 bridgehead atoms. The number of nitrogens with one attached hydrogen (secondary N) is 1. The molecule has 0 saturated heterocycles. The quantitative estimate of drug-likeness (QED) is 0.574. The number of pyridine rings is 1.